The summed E-state index contributed by atoms with van der Waals surface area (Å²) in [6.07, 6.45) is 4.66. The molecule has 0 bridgehead atoms. The number of hydrogen-bond acceptors (Lipinski definition) is 3. The Hall–Kier alpha value is -1.22. The molecule has 1 N–H and O–H groups in total. The predicted octanol–water partition coefficient (Wildman–Crippen LogP) is 3.55. The summed E-state index contributed by atoms with van der Waals surface area (Å²) in [7, 11) is 3.38. The summed E-state index contributed by atoms with van der Waals surface area (Å²) in [5.74, 6) is 1.64. The van der Waals surface area contributed by atoms with Gasteiger partial charge >= 0.3 is 0 Å². The summed E-state index contributed by atoms with van der Waals surface area (Å²) in [6, 6.07) is 4.23. The van der Waals surface area contributed by atoms with Crippen LogP contribution < -0.4 is 14.8 Å². The Morgan fingerprint density at radius 2 is 1.58 bits per heavy atom. The molecule has 1 aromatic carbocycles. The molecular formula is C16H27NO2. The number of benzene rings is 1. The van der Waals surface area contributed by atoms with Crippen LogP contribution in [0.5, 0.6) is 11.5 Å². The monoisotopic (exact) mass is 265 g/mol. The highest BCUT2D eigenvalue weighted by atomic mass is 16.5. The normalized spacial score (nSPS) is 10.5. The van der Waals surface area contributed by atoms with Crippen molar-refractivity contribution in [1.82, 2.24) is 5.32 Å². The molecule has 0 amide bonds. The molecule has 0 unspecified atom stereocenters. The molecule has 0 aliphatic rings. The van der Waals surface area contributed by atoms with Crippen LogP contribution in [0.15, 0.2) is 12.1 Å². The Morgan fingerprint density at radius 3 is 2.11 bits per heavy atom. The van der Waals surface area contributed by atoms with Crippen LogP contribution in [0.2, 0.25) is 0 Å². The Kier molecular flexibility index (Phi) is 7.34. The number of aryl methyl sites for hydroxylation is 1. The molecule has 0 heterocycles. The number of ether oxygens (including phenoxy) is 2. The maximum absolute atomic E-state index is 5.39. The van der Waals surface area contributed by atoms with Crippen LogP contribution in [0.3, 0.4) is 0 Å². The fraction of sp³-hybridized carbons (Fsp3) is 0.625. The lowest BCUT2D eigenvalue weighted by molar-refractivity contribution is 0.354. The van der Waals surface area contributed by atoms with Crippen LogP contribution >= 0.6 is 0 Å². The highest BCUT2D eigenvalue weighted by molar-refractivity contribution is 5.47. The number of nitrogens with one attached hydrogen (secondary N) is 1. The third kappa shape index (κ3) is 4.75. The average molecular weight is 265 g/mol. The lowest BCUT2D eigenvalue weighted by Gasteiger charge is -2.15. The van der Waals surface area contributed by atoms with Crippen molar-refractivity contribution in [3.63, 3.8) is 0 Å². The van der Waals surface area contributed by atoms with Crippen LogP contribution in [0.1, 0.15) is 44.2 Å². The summed E-state index contributed by atoms with van der Waals surface area (Å²) in [5.41, 5.74) is 2.68. The maximum atomic E-state index is 5.39. The van der Waals surface area contributed by atoms with E-state index in [1.165, 1.54) is 24.0 Å². The first-order chi connectivity index (χ1) is 9.26. The quantitative estimate of drug-likeness (QED) is 0.693. The zero-order valence-corrected chi connectivity index (χ0v) is 12.7. The van der Waals surface area contributed by atoms with Crippen LogP contribution in [0.25, 0.3) is 0 Å². The van der Waals surface area contributed by atoms with E-state index >= 15 is 0 Å². The van der Waals surface area contributed by atoms with Crippen molar-refractivity contribution in [2.24, 2.45) is 0 Å². The fourth-order valence-corrected chi connectivity index (χ4v) is 2.13. The second-order valence-electron chi connectivity index (χ2n) is 4.76. The van der Waals surface area contributed by atoms with E-state index < -0.39 is 0 Å². The molecule has 0 saturated carbocycles. The molecule has 0 aliphatic heterocycles. The molecule has 19 heavy (non-hydrogen) atoms. The van der Waals surface area contributed by atoms with Crippen molar-refractivity contribution in [2.75, 3.05) is 20.8 Å². The molecule has 3 heteroatoms. The van der Waals surface area contributed by atoms with Crippen molar-refractivity contribution < 1.29 is 9.47 Å². The van der Waals surface area contributed by atoms with E-state index in [0.29, 0.717) is 0 Å². The summed E-state index contributed by atoms with van der Waals surface area (Å²) in [5, 5.41) is 3.46. The van der Waals surface area contributed by atoms with Gasteiger partial charge in [0.05, 0.1) is 14.2 Å². The molecule has 0 radical (unpaired) electrons. The third-order valence-electron chi connectivity index (χ3n) is 3.25. The first kappa shape index (κ1) is 15.8. The molecule has 0 fully saturated rings. The Balaban J connectivity index is 2.94. The zero-order chi connectivity index (χ0) is 14.1. The van der Waals surface area contributed by atoms with Gasteiger partial charge in [0.2, 0.25) is 0 Å². The van der Waals surface area contributed by atoms with Crippen LogP contribution in [-0.4, -0.2) is 20.8 Å². The van der Waals surface area contributed by atoms with E-state index in [-0.39, 0.29) is 0 Å². The SMILES string of the molecule is CCCCc1cc(OC)c(OC)cc1CNCCC. The average Bonchev–Trinajstić information content (AvgIpc) is 2.45. The van der Waals surface area contributed by atoms with Gasteiger partial charge < -0.3 is 14.8 Å². The van der Waals surface area contributed by atoms with Crippen molar-refractivity contribution >= 4 is 0 Å². The van der Waals surface area contributed by atoms with Gasteiger partial charge in [0.15, 0.2) is 11.5 Å². The summed E-state index contributed by atoms with van der Waals surface area (Å²) >= 11 is 0. The first-order valence-electron chi connectivity index (χ1n) is 7.21. The molecule has 3 nitrogen and oxygen atoms in total. The van der Waals surface area contributed by atoms with Crippen molar-refractivity contribution in [3.05, 3.63) is 23.3 Å². The highest BCUT2D eigenvalue weighted by Crippen LogP contribution is 2.31. The van der Waals surface area contributed by atoms with Gasteiger partial charge in [0.25, 0.3) is 0 Å². The molecule has 108 valence electrons. The van der Waals surface area contributed by atoms with Gasteiger partial charge in [-0.25, -0.2) is 0 Å². The summed E-state index contributed by atoms with van der Waals surface area (Å²) in [4.78, 5) is 0. The summed E-state index contributed by atoms with van der Waals surface area (Å²) < 4.78 is 10.8. The van der Waals surface area contributed by atoms with Crippen LogP contribution in [0.4, 0.5) is 0 Å². The number of rotatable bonds is 9. The van der Waals surface area contributed by atoms with Crippen molar-refractivity contribution in [1.29, 1.82) is 0 Å². The van der Waals surface area contributed by atoms with Gasteiger partial charge in [-0.1, -0.05) is 20.3 Å². The third-order valence-corrected chi connectivity index (χ3v) is 3.25. The Morgan fingerprint density at radius 1 is 0.947 bits per heavy atom. The van der Waals surface area contributed by atoms with E-state index in [0.717, 1.165) is 37.4 Å². The van der Waals surface area contributed by atoms with Gasteiger partial charge in [-0.15, -0.1) is 0 Å². The van der Waals surface area contributed by atoms with Gasteiger partial charge in [-0.3, -0.25) is 0 Å². The second kappa shape index (κ2) is 8.81. The van der Waals surface area contributed by atoms with Crippen LogP contribution in [0, 0.1) is 0 Å². The first-order valence-corrected chi connectivity index (χ1v) is 7.21. The lowest BCUT2D eigenvalue weighted by Crippen LogP contribution is -2.15. The molecule has 0 aliphatic carbocycles. The van der Waals surface area contributed by atoms with Crippen molar-refractivity contribution in [2.45, 2.75) is 46.1 Å². The highest BCUT2D eigenvalue weighted by Gasteiger charge is 2.10. The molecule has 1 rings (SSSR count). The lowest BCUT2D eigenvalue weighted by atomic mass is 10.0. The van der Waals surface area contributed by atoms with E-state index in [4.69, 9.17) is 9.47 Å². The van der Waals surface area contributed by atoms with E-state index in [1.54, 1.807) is 14.2 Å². The van der Waals surface area contributed by atoms with Crippen molar-refractivity contribution in [3.8, 4) is 11.5 Å². The fourth-order valence-electron chi connectivity index (χ4n) is 2.13. The standard InChI is InChI=1S/C16H27NO2/c1-5-7-8-13-10-15(18-3)16(19-4)11-14(13)12-17-9-6-2/h10-11,17H,5-9,12H2,1-4H3. The van der Waals surface area contributed by atoms with Gasteiger partial charge in [0.1, 0.15) is 0 Å². The minimum absolute atomic E-state index is 0.816. The van der Waals surface area contributed by atoms with Crippen LogP contribution in [-0.2, 0) is 13.0 Å². The second-order valence-corrected chi connectivity index (χ2v) is 4.76. The minimum Gasteiger partial charge on any atom is -0.493 e. The van der Waals surface area contributed by atoms with E-state index in [9.17, 15) is 0 Å². The molecule has 1 aromatic rings. The topological polar surface area (TPSA) is 30.5 Å². The molecule has 0 saturated heterocycles. The van der Waals surface area contributed by atoms with E-state index in [2.05, 4.69) is 31.3 Å². The molecular weight excluding hydrogens is 238 g/mol. The number of hydrogen-bond donors (Lipinski definition) is 1. The van der Waals surface area contributed by atoms with E-state index in [1.807, 2.05) is 0 Å². The molecule has 0 spiro atoms. The molecule has 0 atom stereocenters. The minimum atomic E-state index is 0.816. The zero-order valence-electron chi connectivity index (χ0n) is 12.7. The Labute approximate surface area is 117 Å². The largest absolute Gasteiger partial charge is 0.493 e. The summed E-state index contributed by atoms with van der Waals surface area (Å²) in [6.45, 7) is 6.34. The number of unbranched alkanes of at least 4 members (excludes halogenated alkanes) is 1. The predicted molar refractivity (Wildman–Crippen MR) is 80.2 cm³/mol. The maximum Gasteiger partial charge on any atom is 0.161 e. The smallest absolute Gasteiger partial charge is 0.161 e. The Bertz CT molecular complexity index is 377. The van der Waals surface area contributed by atoms with Gasteiger partial charge in [0, 0.05) is 6.54 Å². The van der Waals surface area contributed by atoms with Gasteiger partial charge in [-0.2, -0.15) is 0 Å². The number of methoxy groups -OCH3 is 2. The molecule has 0 aromatic heterocycles. The van der Waals surface area contributed by atoms with Gasteiger partial charge in [-0.05, 0) is 49.1 Å².